The zero-order valence-corrected chi connectivity index (χ0v) is 14.5. The molecule has 1 unspecified atom stereocenters. The summed E-state index contributed by atoms with van der Waals surface area (Å²) in [6, 6.07) is 13.5. The summed E-state index contributed by atoms with van der Waals surface area (Å²) < 4.78 is 13.2. The van der Waals surface area contributed by atoms with Gasteiger partial charge in [-0.15, -0.1) is 0 Å². The maximum atomic E-state index is 13.2. The number of hydrogen-bond donors (Lipinski definition) is 1. The molecule has 1 amide bonds. The van der Waals surface area contributed by atoms with Crippen molar-refractivity contribution in [3.63, 3.8) is 0 Å². The number of likely N-dealkylation sites (tertiary alicyclic amines) is 1. The molecule has 4 rings (SSSR count). The molecule has 2 aromatic carbocycles. The summed E-state index contributed by atoms with van der Waals surface area (Å²) in [6.07, 6.45) is 1.60. The minimum atomic E-state index is -0.496. The number of nitrogens with one attached hydrogen (secondary N) is 1. The van der Waals surface area contributed by atoms with E-state index in [0.29, 0.717) is 17.8 Å². The van der Waals surface area contributed by atoms with Gasteiger partial charge in [0.15, 0.2) is 0 Å². The number of fused-ring (bicyclic) bond motifs is 1. The molecule has 1 fully saturated rings. The van der Waals surface area contributed by atoms with Gasteiger partial charge in [0.2, 0.25) is 0 Å². The smallest absolute Gasteiger partial charge is 0.295 e. The summed E-state index contributed by atoms with van der Waals surface area (Å²) in [6.45, 7) is 2.34. The Kier molecular flexibility index (Phi) is 4.07. The highest BCUT2D eigenvalue weighted by Crippen LogP contribution is 2.33. The van der Waals surface area contributed by atoms with E-state index in [1.807, 2.05) is 31.2 Å². The number of aryl methyl sites for hydroxylation is 1. The van der Waals surface area contributed by atoms with Crippen LogP contribution in [-0.2, 0) is 4.79 Å². The molecule has 1 saturated heterocycles. The lowest BCUT2D eigenvalue weighted by Crippen LogP contribution is -2.36. The number of halogens is 1. The van der Waals surface area contributed by atoms with E-state index in [1.54, 1.807) is 17.0 Å². The van der Waals surface area contributed by atoms with Gasteiger partial charge in [0.25, 0.3) is 11.7 Å². The Hall–Kier alpha value is -2.95. The van der Waals surface area contributed by atoms with Crippen LogP contribution in [0.25, 0.3) is 10.9 Å². The average Bonchev–Trinajstić information content (AvgIpc) is 3.25. The Morgan fingerprint density at radius 3 is 2.62 bits per heavy atom. The fourth-order valence-electron chi connectivity index (χ4n) is 3.85. The molecule has 1 atom stereocenters. The normalized spacial score (nSPS) is 17.0. The molecule has 0 radical (unpaired) electrons. The number of nitrogens with zero attached hydrogens (tertiary/aromatic N) is 1. The largest absolute Gasteiger partial charge is 0.358 e. The van der Waals surface area contributed by atoms with Crippen molar-refractivity contribution in [2.75, 3.05) is 6.54 Å². The molecule has 0 bridgehead atoms. The molecule has 5 heteroatoms. The summed E-state index contributed by atoms with van der Waals surface area (Å²) in [5.41, 5.74) is 2.84. The molecule has 3 aromatic rings. The molecule has 1 aromatic heterocycles. The highest BCUT2D eigenvalue weighted by Gasteiger charge is 2.35. The maximum absolute atomic E-state index is 13.2. The van der Waals surface area contributed by atoms with Crippen LogP contribution in [-0.4, -0.2) is 28.1 Å². The standard InChI is InChI=1S/C21H19FN2O2/c1-13-19(16-5-2-3-6-17(16)23-13)20(25)21(26)24-12-4-7-18(24)14-8-10-15(22)11-9-14/h2-3,5-6,8-11,18,23H,4,7,12H2,1H3. The first-order valence-electron chi connectivity index (χ1n) is 8.74. The predicted octanol–water partition coefficient (Wildman–Crippen LogP) is 4.16. The second kappa shape index (κ2) is 6.41. The fourth-order valence-corrected chi connectivity index (χ4v) is 3.85. The number of ketones is 1. The van der Waals surface area contributed by atoms with Crippen LogP contribution in [0.2, 0.25) is 0 Å². The maximum Gasteiger partial charge on any atom is 0.295 e. The van der Waals surface area contributed by atoms with Gasteiger partial charge in [0.05, 0.1) is 11.6 Å². The highest BCUT2D eigenvalue weighted by atomic mass is 19.1. The van der Waals surface area contributed by atoms with Crippen LogP contribution in [0.4, 0.5) is 4.39 Å². The van der Waals surface area contributed by atoms with Gasteiger partial charge in [-0.25, -0.2) is 4.39 Å². The van der Waals surface area contributed by atoms with Gasteiger partial charge in [-0.1, -0.05) is 30.3 Å². The first-order valence-corrected chi connectivity index (χ1v) is 8.74. The highest BCUT2D eigenvalue weighted by molar-refractivity contribution is 6.45. The topological polar surface area (TPSA) is 53.2 Å². The minimum Gasteiger partial charge on any atom is -0.358 e. The average molecular weight is 350 g/mol. The van der Waals surface area contributed by atoms with Crippen LogP contribution in [0, 0.1) is 12.7 Å². The monoisotopic (exact) mass is 350 g/mol. The zero-order valence-electron chi connectivity index (χ0n) is 14.5. The molecule has 26 heavy (non-hydrogen) atoms. The van der Waals surface area contributed by atoms with Crippen LogP contribution >= 0.6 is 0 Å². The molecule has 0 spiro atoms. The van der Waals surface area contributed by atoms with Crippen molar-refractivity contribution < 1.29 is 14.0 Å². The van der Waals surface area contributed by atoms with Crippen LogP contribution < -0.4 is 0 Å². The molecule has 0 aliphatic carbocycles. The van der Waals surface area contributed by atoms with E-state index in [2.05, 4.69) is 4.98 Å². The third-order valence-electron chi connectivity index (χ3n) is 5.08. The van der Waals surface area contributed by atoms with E-state index in [9.17, 15) is 14.0 Å². The van der Waals surface area contributed by atoms with Crippen LogP contribution in [0.3, 0.4) is 0 Å². The van der Waals surface area contributed by atoms with Gasteiger partial charge in [-0.3, -0.25) is 9.59 Å². The fraction of sp³-hybridized carbons (Fsp3) is 0.238. The van der Waals surface area contributed by atoms with Crippen molar-refractivity contribution >= 4 is 22.6 Å². The Bertz CT molecular complexity index is 991. The number of carbonyl (C=O) groups excluding carboxylic acids is 2. The predicted molar refractivity (Wildman–Crippen MR) is 97.5 cm³/mol. The number of Topliss-reactive ketones (excluding diaryl/α,β-unsaturated/α-hetero) is 1. The first kappa shape index (κ1) is 16.5. The van der Waals surface area contributed by atoms with Crippen molar-refractivity contribution in [2.24, 2.45) is 0 Å². The molecular weight excluding hydrogens is 331 g/mol. The number of rotatable bonds is 3. The van der Waals surface area contributed by atoms with Crippen molar-refractivity contribution in [1.82, 2.24) is 9.88 Å². The Labute approximate surface area is 150 Å². The van der Waals surface area contributed by atoms with Crippen molar-refractivity contribution in [1.29, 1.82) is 0 Å². The van der Waals surface area contributed by atoms with Gasteiger partial charge in [0.1, 0.15) is 5.82 Å². The summed E-state index contributed by atoms with van der Waals surface area (Å²) in [7, 11) is 0. The molecule has 2 heterocycles. The third kappa shape index (κ3) is 2.69. The number of amides is 1. The second-order valence-corrected chi connectivity index (χ2v) is 6.71. The lowest BCUT2D eigenvalue weighted by atomic mass is 10.0. The van der Waals surface area contributed by atoms with Gasteiger partial charge in [-0.2, -0.15) is 0 Å². The lowest BCUT2D eigenvalue weighted by Gasteiger charge is -2.24. The first-order chi connectivity index (χ1) is 12.6. The van der Waals surface area contributed by atoms with Gasteiger partial charge in [-0.05, 0) is 43.5 Å². The number of hydrogen-bond acceptors (Lipinski definition) is 2. The number of H-pyrrole nitrogens is 1. The van der Waals surface area contributed by atoms with Crippen molar-refractivity contribution in [2.45, 2.75) is 25.8 Å². The molecule has 1 N–H and O–H groups in total. The molecule has 132 valence electrons. The van der Waals surface area contributed by atoms with E-state index in [4.69, 9.17) is 0 Å². The van der Waals surface area contributed by atoms with Crippen LogP contribution in [0.15, 0.2) is 48.5 Å². The number of para-hydroxylation sites is 1. The summed E-state index contributed by atoms with van der Waals surface area (Å²) in [4.78, 5) is 30.8. The number of aromatic nitrogens is 1. The summed E-state index contributed by atoms with van der Waals surface area (Å²) in [5, 5.41) is 0.765. The lowest BCUT2D eigenvalue weighted by molar-refractivity contribution is -0.127. The number of aromatic amines is 1. The Balaban J connectivity index is 1.66. The SMILES string of the molecule is Cc1[nH]c2ccccc2c1C(=O)C(=O)N1CCCC1c1ccc(F)cc1. The second-order valence-electron chi connectivity index (χ2n) is 6.71. The molecule has 1 aliphatic heterocycles. The van der Waals surface area contributed by atoms with Crippen LogP contribution in [0.1, 0.15) is 40.5 Å². The molecule has 4 nitrogen and oxygen atoms in total. The van der Waals surface area contributed by atoms with E-state index in [-0.39, 0.29) is 11.9 Å². The van der Waals surface area contributed by atoms with Gasteiger partial charge < -0.3 is 9.88 Å². The zero-order chi connectivity index (χ0) is 18.3. The molecule has 0 saturated carbocycles. The Morgan fingerprint density at radius 2 is 1.85 bits per heavy atom. The van der Waals surface area contributed by atoms with Crippen molar-refractivity contribution in [3.8, 4) is 0 Å². The van der Waals surface area contributed by atoms with E-state index in [1.165, 1.54) is 12.1 Å². The van der Waals surface area contributed by atoms with E-state index in [0.717, 1.165) is 29.3 Å². The quantitative estimate of drug-likeness (QED) is 0.570. The third-order valence-corrected chi connectivity index (χ3v) is 5.08. The Morgan fingerprint density at radius 1 is 1.12 bits per heavy atom. The van der Waals surface area contributed by atoms with Crippen LogP contribution in [0.5, 0.6) is 0 Å². The van der Waals surface area contributed by atoms with E-state index >= 15 is 0 Å². The summed E-state index contributed by atoms with van der Waals surface area (Å²) >= 11 is 0. The number of carbonyl (C=O) groups is 2. The minimum absolute atomic E-state index is 0.183. The molecule has 1 aliphatic rings. The molecular formula is C21H19FN2O2. The van der Waals surface area contributed by atoms with Gasteiger partial charge in [0, 0.05) is 23.1 Å². The summed E-state index contributed by atoms with van der Waals surface area (Å²) in [5.74, 6) is -1.30. The van der Waals surface area contributed by atoms with Gasteiger partial charge >= 0.3 is 0 Å². The van der Waals surface area contributed by atoms with E-state index < -0.39 is 11.7 Å². The number of benzene rings is 2. The van der Waals surface area contributed by atoms with Crippen molar-refractivity contribution in [3.05, 3.63) is 71.2 Å².